The van der Waals surface area contributed by atoms with Crippen molar-refractivity contribution < 1.29 is 9.84 Å². The number of aromatic nitrogens is 3. The van der Waals surface area contributed by atoms with E-state index < -0.39 is 5.60 Å². The number of hydrogen-bond acceptors (Lipinski definition) is 5. The highest BCUT2D eigenvalue weighted by Gasteiger charge is 2.30. The summed E-state index contributed by atoms with van der Waals surface area (Å²) >= 11 is 0. The van der Waals surface area contributed by atoms with E-state index in [-0.39, 0.29) is 0 Å². The maximum absolute atomic E-state index is 10.9. The van der Waals surface area contributed by atoms with E-state index in [0.29, 0.717) is 13.0 Å². The molecule has 6 heteroatoms. The first-order valence-electron chi connectivity index (χ1n) is 14.3. The number of hydrogen-bond donors (Lipinski definition) is 2. The fourth-order valence-corrected chi connectivity index (χ4v) is 6.81. The number of H-pyrrole nitrogens is 1. The Morgan fingerprint density at radius 3 is 2.63 bits per heavy atom. The van der Waals surface area contributed by atoms with Crippen LogP contribution in [0.25, 0.3) is 33.4 Å². The Hall–Kier alpha value is -3.22. The molecule has 0 spiro atoms. The maximum Gasteiger partial charge on any atom is 0.155 e. The monoisotopic (exact) mass is 508 g/mol. The molecule has 0 radical (unpaired) electrons. The van der Waals surface area contributed by atoms with E-state index >= 15 is 0 Å². The van der Waals surface area contributed by atoms with E-state index in [0.717, 1.165) is 71.0 Å². The second-order valence-corrected chi connectivity index (χ2v) is 11.6. The fourth-order valence-electron chi connectivity index (χ4n) is 6.81. The Morgan fingerprint density at radius 1 is 0.947 bits per heavy atom. The Balaban J connectivity index is 1.20. The van der Waals surface area contributed by atoms with Crippen molar-refractivity contribution in [1.82, 2.24) is 20.1 Å². The Kier molecular flexibility index (Phi) is 5.97. The molecule has 1 aliphatic carbocycles. The normalized spacial score (nSPS) is 22.5. The molecule has 6 nitrogen and oxygen atoms in total. The molecule has 7 rings (SSSR count). The summed E-state index contributed by atoms with van der Waals surface area (Å²) in [6.07, 6.45) is 11.3. The SMILES string of the molecule is CC1(O)CCCOc2cc(-c3n[nH]c4ncc(-c5ccc6c(c5)CCN(C5CCCC5)CC6)cc34)ccc21. The lowest BCUT2D eigenvalue weighted by Gasteiger charge is -2.26. The van der Waals surface area contributed by atoms with Gasteiger partial charge in [-0.1, -0.05) is 43.2 Å². The number of rotatable bonds is 3. The van der Waals surface area contributed by atoms with Crippen LogP contribution in [0.3, 0.4) is 0 Å². The number of pyridine rings is 1. The number of nitrogens with zero attached hydrogens (tertiary/aromatic N) is 3. The molecule has 0 bridgehead atoms. The smallest absolute Gasteiger partial charge is 0.155 e. The van der Waals surface area contributed by atoms with E-state index in [1.54, 1.807) is 0 Å². The molecule has 4 heterocycles. The van der Waals surface area contributed by atoms with Gasteiger partial charge in [0.25, 0.3) is 0 Å². The third-order valence-electron chi connectivity index (χ3n) is 9.03. The summed E-state index contributed by atoms with van der Waals surface area (Å²) in [5.41, 5.74) is 7.83. The molecule has 2 aromatic carbocycles. The molecule has 1 atom stereocenters. The first kappa shape index (κ1) is 23.9. The van der Waals surface area contributed by atoms with Crippen molar-refractivity contribution in [1.29, 1.82) is 0 Å². The van der Waals surface area contributed by atoms with Gasteiger partial charge in [0.05, 0.1) is 12.2 Å². The van der Waals surface area contributed by atoms with E-state index in [9.17, 15) is 5.11 Å². The predicted molar refractivity (Wildman–Crippen MR) is 150 cm³/mol. The van der Waals surface area contributed by atoms with Crippen molar-refractivity contribution in [3.05, 3.63) is 65.4 Å². The van der Waals surface area contributed by atoms with Gasteiger partial charge in [0.1, 0.15) is 11.4 Å². The Bertz CT molecular complexity index is 1480. The molecule has 2 aromatic heterocycles. The lowest BCUT2D eigenvalue weighted by molar-refractivity contribution is 0.0485. The quantitative estimate of drug-likeness (QED) is 0.354. The number of benzene rings is 2. The highest BCUT2D eigenvalue weighted by Crippen LogP contribution is 2.39. The van der Waals surface area contributed by atoms with Crippen molar-refractivity contribution in [3.8, 4) is 28.1 Å². The molecule has 196 valence electrons. The number of ether oxygens (including phenoxy) is 1. The largest absolute Gasteiger partial charge is 0.493 e. The fraction of sp³-hybridized carbons (Fsp3) is 0.438. The van der Waals surface area contributed by atoms with E-state index in [2.05, 4.69) is 39.4 Å². The van der Waals surface area contributed by atoms with Crippen molar-refractivity contribution in [2.75, 3.05) is 19.7 Å². The van der Waals surface area contributed by atoms with Gasteiger partial charge < -0.3 is 9.84 Å². The van der Waals surface area contributed by atoms with Crippen molar-refractivity contribution >= 4 is 11.0 Å². The molecule has 1 saturated carbocycles. The van der Waals surface area contributed by atoms with E-state index in [4.69, 9.17) is 9.72 Å². The number of fused-ring (bicyclic) bond motifs is 3. The highest BCUT2D eigenvalue weighted by atomic mass is 16.5. The number of aromatic amines is 1. The van der Waals surface area contributed by atoms with Crippen LogP contribution in [-0.4, -0.2) is 50.9 Å². The minimum absolute atomic E-state index is 0.608. The third-order valence-corrected chi connectivity index (χ3v) is 9.03. The number of nitrogens with one attached hydrogen (secondary N) is 1. The summed E-state index contributed by atoms with van der Waals surface area (Å²) in [4.78, 5) is 7.46. The van der Waals surface area contributed by atoms with Crippen LogP contribution in [0.4, 0.5) is 0 Å². The molecule has 3 aliphatic rings. The van der Waals surface area contributed by atoms with Crippen molar-refractivity contribution in [2.45, 2.75) is 69.9 Å². The Labute approximate surface area is 224 Å². The van der Waals surface area contributed by atoms with Crippen LogP contribution in [0.2, 0.25) is 0 Å². The lowest BCUT2D eigenvalue weighted by Crippen LogP contribution is -2.35. The third kappa shape index (κ3) is 4.30. The molecule has 2 N–H and O–H groups in total. The lowest BCUT2D eigenvalue weighted by atomic mass is 9.90. The highest BCUT2D eigenvalue weighted by molar-refractivity contribution is 5.93. The van der Waals surface area contributed by atoms with Gasteiger partial charge >= 0.3 is 0 Å². The van der Waals surface area contributed by atoms with E-state index in [1.165, 1.54) is 48.9 Å². The van der Waals surface area contributed by atoms with Crippen LogP contribution in [0.15, 0.2) is 48.7 Å². The molecule has 0 saturated heterocycles. The molecular formula is C32H36N4O2. The van der Waals surface area contributed by atoms with Gasteiger partial charge in [-0.05, 0) is 74.3 Å². The minimum Gasteiger partial charge on any atom is -0.493 e. The average Bonchev–Trinajstić information content (AvgIpc) is 3.53. The van der Waals surface area contributed by atoms with Crippen LogP contribution < -0.4 is 4.74 Å². The van der Waals surface area contributed by atoms with E-state index in [1.807, 2.05) is 31.3 Å². The van der Waals surface area contributed by atoms with Gasteiger partial charge in [0, 0.05) is 47.4 Å². The zero-order valence-electron chi connectivity index (χ0n) is 22.2. The molecule has 1 fully saturated rings. The second kappa shape index (κ2) is 9.51. The summed E-state index contributed by atoms with van der Waals surface area (Å²) < 4.78 is 6.01. The summed E-state index contributed by atoms with van der Waals surface area (Å²) in [5.74, 6) is 0.739. The van der Waals surface area contributed by atoms with Crippen LogP contribution in [0.5, 0.6) is 5.75 Å². The topological polar surface area (TPSA) is 74.3 Å². The minimum atomic E-state index is -0.883. The molecule has 2 aliphatic heterocycles. The zero-order chi connectivity index (χ0) is 25.7. The van der Waals surface area contributed by atoms with Crippen LogP contribution in [0.1, 0.15) is 62.1 Å². The van der Waals surface area contributed by atoms with Gasteiger partial charge in [0.2, 0.25) is 0 Å². The van der Waals surface area contributed by atoms with Crippen LogP contribution in [0, 0.1) is 0 Å². The van der Waals surface area contributed by atoms with Gasteiger partial charge in [-0.25, -0.2) is 4.98 Å². The van der Waals surface area contributed by atoms with Gasteiger partial charge in [-0.2, -0.15) is 5.10 Å². The predicted octanol–water partition coefficient (Wildman–Crippen LogP) is 6.02. The van der Waals surface area contributed by atoms with Crippen molar-refractivity contribution in [2.24, 2.45) is 0 Å². The second-order valence-electron chi connectivity index (χ2n) is 11.6. The first-order valence-corrected chi connectivity index (χ1v) is 14.3. The van der Waals surface area contributed by atoms with Gasteiger partial charge in [-0.3, -0.25) is 10.00 Å². The maximum atomic E-state index is 10.9. The standard InChI is InChI=1S/C32H36N4O2/c1-32(37)13-4-16-38-29-19-24(9-10-28(29)32)30-27-18-25(20-33-31(27)35-34-30)22-8-7-21-11-14-36(15-12-23(21)17-22)26-5-2-3-6-26/h7-10,17-20,26,37H,2-6,11-16H2,1H3,(H,33,34,35). The summed E-state index contributed by atoms with van der Waals surface area (Å²) in [5, 5.41) is 19.6. The van der Waals surface area contributed by atoms with Crippen LogP contribution >= 0.6 is 0 Å². The summed E-state index contributed by atoms with van der Waals surface area (Å²) in [6.45, 7) is 4.82. The van der Waals surface area contributed by atoms with Crippen molar-refractivity contribution in [3.63, 3.8) is 0 Å². The molecule has 38 heavy (non-hydrogen) atoms. The van der Waals surface area contributed by atoms with Gasteiger partial charge in [0.15, 0.2) is 5.65 Å². The average molecular weight is 509 g/mol. The molecular weight excluding hydrogens is 472 g/mol. The summed E-state index contributed by atoms with van der Waals surface area (Å²) in [6, 6.07) is 16.0. The zero-order valence-corrected chi connectivity index (χ0v) is 22.2. The van der Waals surface area contributed by atoms with Crippen LogP contribution in [-0.2, 0) is 18.4 Å². The molecule has 0 amide bonds. The first-order chi connectivity index (χ1) is 18.5. The molecule has 1 unspecified atom stereocenters. The Morgan fingerprint density at radius 2 is 1.76 bits per heavy atom. The number of aliphatic hydroxyl groups is 1. The molecule has 4 aromatic rings. The summed E-state index contributed by atoms with van der Waals surface area (Å²) in [7, 11) is 0. The van der Waals surface area contributed by atoms with Gasteiger partial charge in [-0.15, -0.1) is 0 Å².